The zero-order valence-electron chi connectivity index (χ0n) is 16.3. The van der Waals surface area contributed by atoms with E-state index < -0.39 is 0 Å². The number of rotatable bonds is 6. The lowest BCUT2D eigenvalue weighted by Gasteiger charge is -2.10. The quantitative estimate of drug-likeness (QED) is 0.230. The van der Waals surface area contributed by atoms with Gasteiger partial charge in [-0.3, -0.25) is 0 Å². The highest BCUT2D eigenvalue weighted by Crippen LogP contribution is 2.38. The minimum absolute atomic E-state index is 0.298. The minimum atomic E-state index is -0.380. The van der Waals surface area contributed by atoms with Crippen molar-refractivity contribution < 1.29 is 9.53 Å². The number of aromatic nitrogens is 2. The smallest absolute Gasteiger partial charge is 0.348 e. The summed E-state index contributed by atoms with van der Waals surface area (Å²) in [6.45, 7) is 2.14. The zero-order valence-corrected chi connectivity index (χ0v) is 19.4. The number of ether oxygens (including phenoxy) is 1. The summed E-state index contributed by atoms with van der Waals surface area (Å²) in [6.07, 6.45) is 2.08. The molecule has 4 aromatic rings. The maximum atomic E-state index is 12.7. The summed E-state index contributed by atoms with van der Waals surface area (Å²) in [7, 11) is 0. The molecule has 0 bridgehead atoms. The van der Waals surface area contributed by atoms with E-state index in [1.807, 2.05) is 37.3 Å². The Morgan fingerprint density at radius 3 is 2.58 bits per heavy atom. The fraction of sp³-hybridized carbons (Fsp3) is 0.136. The van der Waals surface area contributed by atoms with Crippen molar-refractivity contribution in [3.05, 3.63) is 79.9 Å². The van der Waals surface area contributed by atoms with Crippen molar-refractivity contribution >= 4 is 73.8 Å². The molecule has 158 valence electrons. The van der Waals surface area contributed by atoms with E-state index in [9.17, 15) is 4.79 Å². The molecule has 4 rings (SSSR count). The molecule has 2 aromatic carbocycles. The topological polar surface area (TPSA) is 64.1 Å². The standard InChI is InChI=1S/C22H16Cl3N3O2S/c1-12-18-20(28-17-10-15(24)14(23)9-16(17)25)26-11-27-21(18)31-19(12)22(29)30-8-7-13-5-3-2-4-6-13/h2-6,9-11H,7-8H2,1H3,(H,26,27,28). The van der Waals surface area contributed by atoms with Crippen molar-refractivity contribution in [1.29, 1.82) is 0 Å². The van der Waals surface area contributed by atoms with E-state index in [0.29, 0.717) is 49.3 Å². The van der Waals surface area contributed by atoms with E-state index in [-0.39, 0.29) is 5.97 Å². The summed E-state index contributed by atoms with van der Waals surface area (Å²) >= 11 is 19.7. The molecule has 0 radical (unpaired) electrons. The van der Waals surface area contributed by atoms with Crippen molar-refractivity contribution in [3.63, 3.8) is 0 Å². The molecule has 2 aromatic heterocycles. The Labute approximate surface area is 198 Å². The molecule has 0 fully saturated rings. The third-order valence-electron chi connectivity index (χ3n) is 4.64. The molecule has 9 heteroatoms. The molecule has 0 atom stereocenters. The predicted octanol–water partition coefficient (Wildman–Crippen LogP) is 7.10. The van der Waals surface area contributed by atoms with Gasteiger partial charge in [-0.2, -0.15) is 0 Å². The molecular formula is C22H16Cl3N3O2S. The second-order valence-corrected chi connectivity index (χ2v) is 8.92. The SMILES string of the molecule is Cc1c(C(=O)OCCc2ccccc2)sc2ncnc(Nc3cc(Cl)c(Cl)cc3Cl)c12. The van der Waals surface area contributed by atoms with Crippen LogP contribution in [0.5, 0.6) is 0 Å². The normalized spacial score (nSPS) is 11.0. The van der Waals surface area contributed by atoms with Gasteiger partial charge in [-0.15, -0.1) is 11.3 Å². The third-order valence-corrected chi connectivity index (χ3v) is 6.86. The van der Waals surface area contributed by atoms with E-state index in [4.69, 9.17) is 39.5 Å². The summed E-state index contributed by atoms with van der Waals surface area (Å²) < 4.78 is 5.50. The van der Waals surface area contributed by atoms with Gasteiger partial charge in [0, 0.05) is 6.42 Å². The number of halogens is 3. The summed E-state index contributed by atoms with van der Waals surface area (Å²) in [5.41, 5.74) is 2.40. The van der Waals surface area contributed by atoms with Gasteiger partial charge in [0.2, 0.25) is 0 Å². The van der Waals surface area contributed by atoms with Gasteiger partial charge in [-0.25, -0.2) is 14.8 Å². The largest absolute Gasteiger partial charge is 0.461 e. The lowest BCUT2D eigenvalue weighted by molar-refractivity contribution is 0.0514. The number of benzene rings is 2. The number of hydrogen-bond donors (Lipinski definition) is 1. The van der Waals surface area contributed by atoms with Gasteiger partial charge in [0.1, 0.15) is 21.9 Å². The Hall–Kier alpha value is -2.38. The number of nitrogens with zero attached hydrogens (tertiary/aromatic N) is 2. The van der Waals surface area contributed by atoms with Crippen molar-refractivity contribution in [2.45, 2.75) is 13.3 Å². The molecule has 0 saturated heterocycles. The van der Waals surface area contributed by atoms with Gasteiger partial charge in [-0.05, 0) is 30.2 Å². The summed E-state index contributed by atoms with van der Waals surface area (Å²) in [6, 6.07) is 13.1. The van der Waals surface area contributed by atoms with Gasteiger partial charge >= 0.3 is 5.97 Å². The van der Waals surface area contributed by atoms with Crippen LogP contribution in [0.4, 0.5) is 11.5 Å². The van der Waals surface area contributed by atoms with Crippen LogP contribution in [0, 0.1) is 6.92 Å². The highest BCUT2D eigenvalue weighted by Gasteiger charge is 2.21. The molecule has 2 heterocycles. The van der Waals surface area contributed by atoms with Gasteiger partial charge in [0.05, 0.1) is 32.7 Å². The minimum Gasteiger partial charge on any atom is -0.461 e. The molecular weight excluding hydrogens is 477 g/mol. The molecule has 0 saturated carbocycles. The van der Waals surface area contributed by atoms with Crippen molar-refractivity contribution in [1.82, 2.24) is 9.97 Å². The molecule has 31 heavy (non-hydrogen) atoms. The molecule has 0 aliphatic rings. The molecule has 0 spiro atoms. The van der Waals surface area contributed by atoms with Crippen LogP contribution in [0.2, 0.25) is 15.1 Å². The Morgan fingerprint density at radius 2 is 1.81 bits per heavy atom. The van der Waals surface area contributed by atoms with E-state index in [1.54, 1.807) is 12.1 Å². The van der Waals surface area contributed by atoms with Crippen molar-refractivity contribution in [2.75, 3.05) is 11.9 Å². The second-order valence-electron chi connectivity index (χ2n) is 6.70. The van der Waals surface area contributed by atoms with Crippen LogP contribution in [-0.2, 0) is 11.2 Å². The number of thiophene rings is 1. The number of hydrogen-bond acceptors (Lipinski definition) is 6. The number of esters is 1. The second kappa shape index (κ2) is 9.40. The molecule has 0 unspecified atom stereocenters. The monoisotopic (exact) mass is 491 g/mol. The van der Waals surface area contributed by atoms with Crippen molar-refractivity contribution in [3.8, 4) is 0 Å². The van der Waals surface area contributed by atoms with Gasteiger partial charge < -0.3 is 10.1 Å². The van der Waals surface area contributed by atoms with E-state index in [1.165, 1.54) is 17.7 Å². The van der Waals surface area contributed by atoms with Gasteiger partial charge in [0.15, 0.2) is 0 Å². The fourth-order valence-electron chi connectivity index (χ4n) is 3.08. The average Bonchev–Trinajstić information content (AvgIpc) is 3.10. The Balaban J connectivity index is 1.58. The summed E-state index contributed by atoms with van der Waals surface area (Å²) in [5.74, 6) is 0.136. The summed E-state index contributed by atoms with van der Waals surface area (Å²) in [4.78, 5) is 22.5. The van der Waals surface area contributed by atoms with Gasteiger partial charge in [-0.1, -0.05) is 65.1 Å². The molecule has 0 amide bonds. The number of carbonyl (C=O) groups excluding carboxylic acids is 1. The van der Waals surface area contributed by atoms with E-state index in [2.05, 4.69) is 15.3 Å². The first-order valence-electron chi connectivity index (χ1n) is 9.30. The first kappa shape index (κ1) is 21.8. The first-order chi connectivity index (χ1) is 14.9. The number of fused-ring (bicyclic) bond motifs is 1. The predicted molar refractivity (Wildman–Crippen MR) is 127 cm³/mol. The lowest BCUT2D eigenvalue weighted by Crippen LogP contribution is -2.07. The molecule has 0 aliphatic carbocycles. The summed E-state index contributed by atoms with van der Waals surface area (Å²) in [5, 5.41) is 5.02. The van der Waals surface area contributed by atoms with Crippen LogP contribution in [0.3, 0.4) is 0 Å². The Kier molecular flexibility index (Phi) is 6.62. The van der Waals surface area contributed by atoms with Crippen LogP contribution in [0.1, 0.15) is 20.8 Å². The van der Waals surface area contributed by atoms with E-state index in [0.717, 1.165) is 16.5 Å². The maximum absolute atomic E-state index is 12.7. The Morgan fingerprint density at radius 1 is 1.06 bits per heavy atom. The number of nitrogens with one attached hydrogen (secondary N) is 1. The lowest BCUT2D eigenvalue weighted by atomic mass is 10.2. The first-order valence-corrected chi connectivity index (χ1v) is 11.3. The molecule has 1 N–H and O–H groups in total. The fourth-order valence-corrected chi connectivity index (χ4v) is 4.72. The van der Waals surface area contributed by atoms with Crippen LogP contribution < -0.4 is 5.32 Å². The van der Waals surface area contributed by atoms with Crippen LogP contribution in [0.15, 0.2) is 48.8 Å². The third kappa shape index (κ3) is 4.77. The number of aryl methyl sites for hydroxylation is 1. The highest BCUT2D eigenvalue weighted by molar-refractivity contribution is 7.20. The zero-order chi connectivity index (χ0) is 22.0. The van der Waals surface area contributed by atoms with Crippen LogP contribution in [-0.4, -0.2) is 22.5 Å². The maximum Gasteiger partial charge on any atom is 0.348 e. The number of carbonyl (C=O) groups is 1. The molecule has 0 aliphatic heterocycles. The van der Waals surface area contributed by atoms with Crippen molar-refractivity contribution in [2.24, 2.45) is 0 Å². The van der Waals surface area contributed by atoms with E-state index >= 15 is 0 Å². The molecule has 5 nitrogen and oxygen atoms in total. The highest BCUT2D eigenvalue weighted by atomic mass is 35.5. The van der Waals surface area contributed by atoms with Crippen LogP contribution in [0.25, 0.3) is 10.2 Å². The average molecular weight is 493 g/mol. The van der Waals surface area contributed by atoms with Gasteiger partial charge in [0.25, 0.3) is 0 Å². The van der Waals surface area contributed by atoms with Crippen LogP contribution >= 0.6 is 46.1 Å². The number of anilines is 2. The Bertz CT molecular complexity index is 1260.